The first-order chi connectivity index (χ1) is 13.7. The highest BCUT2D eigenvalue weighted by atomic mass is 35.5. The molecule has 0 aliphatic carbocycles. The monoisotopic (exact) mass is 421 g/mol. The summed E-state index contributed by atoms with van der Waals surface area (Å²) >= 11 is 6.33. The van der Waals surface area contributed by atoms with Crippen LogP contribution in [0, 0.1) is 17.6 Å². The molecule has 2 aromatic rings. The third-order valence-electron chi connectivity index (χ3n) is 4.76. The molecule has 29 heavy (non-hydrogen) atoms. The number of halogens is 3. The quantitative estimate of drug-likeness (QED) is 0.688. The Labute approximate surface area is 172 Å². The highest BCUT2D eigenvalue weighted by Gasteiger charge is 2.30. The average molecular weight is 422 g/mol. The van der Waals surface area contributed by atoms with Gasteiger partial charge in [-0.15, -0.1) is 0 Å². The van der Waals surface area contributed by atoms with E-state index in [2.05, 4.69) is 16.0 Å². The van der Waals surface area contributed by atoms with Gasteiger partial charge in [-0.1, -0.05) is 37.6 Å². The Balaban J connectivity index is 1.82. The maximum Gasteiger partial charge on any atom is 0.223 e. The van der Waals surface area contributed by atoms with E-state index in [9.17, 15) is 18.4 Å². The molecule has 1 aliphatic rings. The van der Waals surface area contributed by atoms with Crippen LogP contribution in [0.4, 0.5) is 8.78 Å². The first-order valence-electron chi connectivity index (χ1n) is 9.31. The third kappa shape index (κ3) is 5.10. The molecule has 1 fully saturated rings. The third-order valence-corrected chi connectivity index (χ3v) is 5.11. The van der Waals surface area contributed by atoms with Gasteiger partial charge in [-0.3, -0.25) is 14.9 Å². The summed E-state index contributed by atoms with van der Waals surface area (Å²) in [7, 11) is 0. The standard InChI is InChI=1S/C21H22ClF2N3O2/c1-11(2)21(29)25-10-12-3-6-16(22)15(7-12)20-26-18(9-19(28)27-20)14-5-4-13(23)8-17(14)24/h3-8,11,18,20,26H,9-10H2,1-2H3,(H,25,29)(H,27,28). The van der Waals surface area contributed by atoms with Crippen LogP contribution in [-0.4, -0.2) is 11.8 Å². The Morgan fingerprint density at radius 2 is 1.97 bits per heavy atom. The predicted molar refractivity (Wildman–Crippen MR) is 106 cm³/mol. The molecule has 0 bridgehead atoms. The summed E-state index contributed by atoms with van der Waals surface area (Å²) in [5.41, 5.74) is 1.62. The molecule has 2 atom stereocenters. The number of hydrogen-bond acceptors (Lipinski definition) is 3. The van der Waals surface area contributed by atoms with Crippen molar-refractivity contribution in [3.63, 3.8) is 0 Å². The zero-order valence-electron chi connectivity index (χ0n) is 16.1. The zero-order chi connectivity index (χ0) is 21.1. The van der Waals surface area contributed by atoms with Crippen LogP contribution >= 0.6 is 11.6 Å². The summed E-state index contributed by atoms with van der Waals surface area (Å²) < 4.78 is 27.4. The van der Waals surface area contributed by atoms with Crippen molar-refractivity contribution in [3.05, 3.63) is 69.7 Å². The molecular weight excluding hydrogens is 400 g/mol. The lowest BCUT2D eigenvalue weighted by Gasteiger charge is -2.33. The minimum atomic E-state index is -0.716. The lowest BCUT2D eigenvalue weighted by molar-refractivity contribution is -0.125. The molecule has 8 heteroatoms. The minimum Gasteiger partial charge on any atom is -0.352 e. The molecule has 0 radical (unpaired) electrons. The topological polar surface area (TPSA) is 70.2 Å². The smallest absolute Gasteiger partial charge is 0.223 e. The zero-order valence-corrected chi connectivity index (χ0v) is 16.8. The first-order valence-corrected chi connectivity index (χ1v) is 9.68. The second kappa shape index (κ2) is 8.88. The molecule has 3 rings (SSSR count). The number of carbonyl (C=O) groups excluding carboxylic acids is 2. The Morgan fingerprint density at radius 1 is 1.21 bits per heavy atom. The predicted octanol–water partition coefficient (Wildman–Crippen LogP) is 3.74. The molecule has 1 aliphatic heterocycles. The Morgan fingerprint density at radius 3 is 2.66 bits per heavy atom. The van der Waals surface area contributed by atoms with Crippen LogP contribution in [0.2, 0.25) is 5.02 Å². The van der Waals surface area contributed by atoms with Crippen LogP contribution in [0.5, 0.6) is 0 Å². The van der Waals surface area contributed by atoms with E-state index in [0.717, 1.165) is 17.7 Å². The van der Waals surface area contributed by atoms with Crippen molar-refractivity contribution < 1.29 is 18.4 Å². The summed E-state index contributed by atoms with van der Waals surface area (Å²) in [6.07, 6.45) is -0.639. The Bertz CT molecular complexity index is 936. The summed E-state index contributed by atoms with van der Waals surface area (Å²) in [5, 5.41) is 9.21. The van der Waals surface area contributed by atoms with Crippen LogP contribution in [0.15, 0.2) is 36.4 Å². The largest absolute Gasteiger partial charge is 0.352 e. The molecular formula is C21H22ClF2N3O2. The van der Waals surface area contributed by atoms with Crippen LogP contribution < -0.4 is 16.0 Å². The van der Waals surface area contributed by atoms with Gasteiger partial charge in [-0.25, -0.2) is 8.78 Å². The van der Waals surface area contributed by atoms with E-state index in [1.807, 2.05) is 0 Å². The van der Waals surface area contributed by atoms with Gasteiger partial charge in [0.05, 0.1) is 0 Å². The molecule has 2 amide bonds. The molecule has 154 valence electrons. The SMILES string of the molecule is CC(C)C(=O)NCc1ccc(Cl)c(C2NC(=O)CC(c3ccc(F)cc3F)N2)c1. The lowest BCUT2D eigenvalue weighted by atomic mass is 9.98. The number of carbonyl (C=O) groups is 2. The van der Waals surface area contributed by atoms with Gasteiger partial charge in [0.2, 0.25) is 11.8 Å². The van der Waals surface area contributed by atoms with Crippen LogP contribution in [0.3, 0.4) is 0 Å². The number of amides is 2. The van der Waals surface area contributed by atoms with Gasteiger partial charge < -0.3 is 10.6 Å². The van der Waals surface area contributed by atoms with E-state index < -0.39 is 23.8 Å². The summed E-state index contributed by atoms with van der Waals surface area (Å²) in [6, 6.07) is 7.91. The second-order valence-corrected chi connectivity index (χ2v) is 7.73. The lowest BCUT2D eigenvalue weighted by Crippen LogP contribution is -2.47. The van der Waals surface area contributed by atoms with Gasteiger partial charge >= 0.3 is 0 Å². The van der Waals surface area contributed by atoms with Crippen molar-refractivity contribution in [1.82, 2.24) is 16.0 Å². The molecule has 1 saturated heterocycles. The van der Waals surface area contributed by atoms with Gasteiger partial charge in [-0.2, -0.15) is 0 Å². The second-order valence-electron chi connectivity index (χ2n) is 7.32. The van der Waals surface area contributed by atoms with Gasteiger partial charge in [0.25, 0.3) is 0 Å². The van der Waals surface area contributed by atoms with Crippen molar-refractivity contribution in [2.45, 2.75) is 39.0 Å². The van der Waals surface area contributed by atoms with E-state index in [0.29, 0.717) is 17.1 Å². The van der Waals surface area contributed by atoms with Crippen LogP contribution in [0.1, 0.15) is 49.2 Å². The fraction of sp³-hybridized carbons (Fsp3) is 0.333. The maximum atomic E-state index is 14.2. The van der Waals surface area contributed by atoms with Gasteiger partial charge in [0.1, 0.15) is 17.8 Å². The van der Waals surface area contributed by atoms with Crippen molar-refractivity contribution >= 4 is 23.4 Å². The van der Waals surface area contributed by atoms with Crippen molar-refractivity contribution in [2.75, 3.05) is 0 Å². The van der Waals surface area contributed by atoms with E-state index in [-0.39, 0.29) is 29.7 Å². The van der Waals surface area contributed by atoms with Crippen LogP contribution in [0.25, 0.3) is 0 Å². The molecule has 2 unspecified atom stereocenters. The molecule has 5 nitrogen and oxygen atoms in total. The highest BCUT2D eigenvalue weighted by molar-refractivity contribution is 6.31. The van der Waals surface area contributed by atoms with Gasteiger partial charge in [0.15, 0.2) is 0 Å². The van der Waals surface area contributed by atoms with Crippen molar-refractivity contribution in [2.24, 2.45) is 5.92 Å². The van der Waals surface area contributed by atoms with Crippen molar-refractivity contribution in [3.8, 4) is 0 Å². The fourth-order valence-corrected chi connectivity index (χ4v) is 3.40. The summed E-state index contributed by atoms with van der Waals surface area (Å²) in [4.78, 5) is 24.0. The Hall–Kier alpha value is -2.51. The summed E-state index contributed by atoms with van der Waals surface area (Å²) in [5.74, 6) is -1.88. The molecule has 1 heterocycles. The molecule has 0 aromatic heterocycles. The maximum absolute atomic E-state index is 14.2. The molecule has 3 N–H and O–H groups in total. The molecule has 0 spiro atoms. The van der Waals surface area contributed by atoms with Crippen LogP contribution in [-0.2, 0) is 16.1 Å². The van der Waals surface area contributed by atoms with E-state index in [4.69, 9.17) is 11.6 Å². The number of hydrogen-bond donors (Lipinski definition) is 3. The minimum absolute atomic E-state index is 0.0147. The molecule has 0 saturated carbocycles. The summed E-state index contributed by atoms with van der Waals surface area (Å²) in [6.45, 7) is 3.93. The Kier molecular flexibility index (Phi) is 6.49. The highest BCUT2D eigenvalue weighted by Crippen LogP contribution is 2.31. The fourth-order valence-electron chi connectivity index (χ4n) is 3.18. The van der Waals surface area contributed by atoms with E-state index >= 15 is 0 Å². The van der Waals surface area contributed by atoms with E-state index in [1.165, 1.54) is 6.07 Å². The van der Waals surface area contributed by atoms with Gasteiger partial charge in [-0.05, 0) is 23.8 Å². The number of rotatable bonds is 5. The first kappa shape index (κ1) is 21.2. The average Bonchev–Trinajstić information content (AvgIpc) is 2.66. The number of benzene rings is 2. The molecule has 2 aromatic carbocycles. The van der Waals surface area contributed by atoms with Crippen molar-refractivity contribution in [1.29, 1.82) is 0 Å². The normalized spacial score (nSPS) is 19.2. The number of nitrogens with one attached hydrogen (secondary N) is 3. The van der Waals surface area contributed by atoms with Gasteiger partial charge in [0, 0.05) is 47.1 Å². The van der Waals surface area contributed by atoms with E-state index in [1.54, 1.807) is 32.0 Å².